The molecule has 2 fully saturated rings. The number of nitrogens with zero attached hydrogens (tertiary/aromatic N) is 1. The Balaban J connectivity index is 0.00000192. The Morgan fingerprint density at radius 3 is 2.74 bits per heavy atom. The lowest BCUT2D eigenvalue weighted by Gasteiger charge is -2.29. The van der Waals surface area contributed by atoms with Crippen LogP contribution in [0.5, 0.6) is 0 Å². The van der Waals surface area contributed by atoms with Gasteiger partial charge in [-0.2, -0.15) is 0 Å². The Morgan fingerprint density at radius 2 is 2.04 bits per heavy atom. The monoisotopic (exact) mass is 337 g/mol. The van der Waals surface area contributed by atoms with Crippen molar-refractivity contribution in [2.24, 2.45) is 17.6 Å². The molecule has 2 aliphatic rings. The maximum Gasteiger partial charge on any atom is 0.234 e. The number of fused-ring (bicyclic) bond motifs is 1. The largest absolute Gasteiger partial charge is 0.348 e. The fraction of sp³-hybridized carbons (Fsp3) is 0.611. The van der Waals surface area contributed by atoms with Gasteiger partial charge in [0.2, 0.25) is 5.91 Å². The van der Waals surface area contributed by atoms with Crippen LogP contribution in [0.25, 0.3) is 0 Å². The summed E-state index contributed by atoms with van der Waals surface area (Å²) in [5.74, 6) is 1.40. The van der Waals surface area contributed by atoms with Gasteiger partial charge in [0.15, 0.2) is 0 Å². The Bertz CT molecular complexity index is 510. The molecule has 1 amide bonds. The van der Waals surface area contributed by atoms with Gasteiger partial charge < -0.3 is 11.1 Å². The van der Waals surface area contributed by atoms with Crippen molar-refractivity contribution < 1.29 is 4.79 Å². The van der Waals surface area contributed by atoms with E-state index in [9.17, 15) is 4.79 Å². The van der Waals surface area contributed by atoms with Crippen LogP contribution < -0.4 is 11.1 Å². The number of benzene rings is 1. The molecule has 5 heteroatoms. The van der Waals surface area contributed by atoms with Gasteiger partial charge in [0.05, 0.1) is 12.6 Å². The van der Waals surface area contributed by atoms with Crippen LogP contribution in [0.15, 0.2) is 30.3 Å². The highest BCUT2D eigenvalue weighted by atomic mass is 35.5. The highest BCUT2D eigenvalue weighted by molar-refractivity contribution is 5.85. The summed E-state index contributed by atoms with van der Waals surface area (Å²) in [5, 5.41) is 3.10. The molecule has 0 radical (unpaired) electrons. The molecule has 1 aromatic rings. The van der Waals surface area contributed by atoms with E-state index in [4.69, 9.17) is 5.73 Å². The third kappa shape index (κ3) is 4.46. The Hall–Kier alpha value is -1.10. The van der Waals surface area contributed by atoms with Crippen molar-refractivity contribution >= 4 is 18.3 Å². The summed E-state index contributed by atoms with van der Waals surface area (Å²) in [6, 6.07) is 10.5. The van der Waals surface area contributed by atoms with Crippen molar-refractivity contribution in [1.29, 1.82) is 0 Å². The quantitative estimate of drug-likeness (QED) is 0.886. The van der Waals surface area contributed by atoms with Crippen molar-refractivity contribution in [3.8, 4) is 0 Å². The number of nitrogens with two attached hydrogens (primary N) is 1. The first-order valence-electron chi connectivity index (χ1n) is 8.45. The predicted octanol–water partition coefficient (Wildman–Crippen LogP) is 2.34. The van der Waals surface area contributed by atoms with Crippen LogP contribution in [0.1, 0.15) is 37.8 Å². The van der Waals surface area contributed by atoms with Crippen LogP contribution >= 0.6 is 12.4 Å². The number of nitrogens with one attached hydrogen (secondary N) is 1. The van der Waals surface area contributed by atoms with Crippen molar-refractivity contribution in [2.45, 2.75) is 38.3 Å². The summed E-state index contributed by atoms with van der Waals surface area (Å²) in [6.07, 6.45) is 3.66. The topological polar surface area (TPSA) is 58.4 Å². The lowest BCUT2D eigenvalue weighted by atomic mass is 9.78. The zero-order chi connectivity index (χ0) is 15.5. The molecule has 4 nitrogen and oxygen atoms in total. The number of rotatable bonds is 4. The minimum Gasteiger partial charge on any atom is -0.348 e. The maximum absolute atomic E-state index is 12.3. The second-order valence-electron chi connectivity index (χ2n) is 6.91. The molecule has 1 aliphatic carbocycles. The molecule has 1 saturated carbocycles. The van der Waals surface area contributed by atoms with E-state index in [0.29, 0.717) is 24.4 Å². The third-order valence-electron chi connectivity index (χ3n) is 5.27. The first-order chi connectivity index (χ1) is 10.6. The summed E-state index contributed by atoms with van der Waals surface area (Å²) < 4.78 is 0. The minimum absolute atomic E-state index is 0. The number of carbonyl (C=O) groups excluding carboxylic acids is 1. The van der Waals surface area contributed by atoms with Gasteiger partial charge in [-0.15, -0.1) is 12.4 Å². The first kappa shape index (κ1) is 18.2. The van der Waals surface area contributed by atoms with Gasteiger partial charge in [0, 0.05) is 19.1 Å². The zero-order valence-electron chi connectivity index (χ0n) is 13.8. The number of likely N-dealkylation sites (tertiary alicyclic amines) is 1. The summed E-state index contributed by atoms with van der Waals surface area (Å²) in [4.78, 5) is 14.6. The van der Waals surface area contributed by atoms with Gasteiger partial charge in [-0.25, -0.2) is 0 Å². The highest BCUT2D eigenvalue weighted by Crippen LogP contribution is 2.35. The van der Waals surface area contributed by atoms with E-state index >= 15 is 0 Å². The first-order valence-corrected chi connectivity index (χ1v) is 8.45. The standard InChI is InChI=1S/C18H27N3O.ClH/c1-13(14-6-3-2-4-7-14)20-18(22)12-21-10-15-8-5-9-17(19)16(15)11-21;/h2-4,6-7,13,15-17H,5,8-12,19H2,1H3,(H,20,22);1H. The normalized spacial score (nSPS) is 28.5. The van der Waals surface area contributed by atoms with Crippen LogP contribution in [0, 0.1) is 11.8 Å². The number of hydrogen-bond acceptors (Lipinski definition) is 3. The average molecular weight is 338 g/mol. The minimum atomic E-state index is 0. The van der Waals surface area contributed by atoms with Crippen LogP contribution in [-0.4, -0.2) is 36.5 Å². The Morgan fingerprint density at radius 1 is 1.30 bits per heavy atom. The molecular formula is C18H28ClN3O. The smallest absolute Gasteiger partial charge is 0.234 e. The lowest BCUT2D eigenvalue weighted by Crippen LogP contribution is -2.39. The van der Waals surface area contributed by atoms with Crippen molar-refractivity contribution in [1.82, 2.24) is 10.2 Å². The second-order valence-corrected chi connectivity index (χ2v) is 6.91. The van der Waals surface area contributed by atoms with Gasteiger partial charge in [0.25, 0.3) is 0 Å². The SMILES string of the molecule is CC(NC(=O)CN1CC2CCCC(N)C2C1)c1ccccc1.Cl. The Kier molecular flexibility index (Phi) is 6.45. The molecule has 1 heterocycles. The number of amides is 1. The second kappa shape index (κ2) is 8.13. The van der Waals surface area contributed by atoms with Gasteiger partial charge in [0.1, 0.15) is 0 Å². The van der Waals surface area contributed by atoms with Gasteiger partial charge in [-0.1, -0.05) is 36.8 Å². The van der Waals surface area contributed by atoms with Gasteiger partial charge in [-0.3, -0.25) is 9.69 Å². The molecule has 1 aliphatic heterocycles. The number of halogens is 1. The van der Waals surface area contributed by atoms with Crippen molar-refractivity contribution in [2.75, 3.05) is 19.6 Å². The number of hydrogen-bond donors (Lipinski definition) is 2. The van der Waals surface area contributed by atoms with Crippen LogP contribution in [-0.2, 0) is 4.79 Å². The lowest BCUT2D eigenvalue weighted by molar-refractivity contribution is -0.122. The molecular weight excluding hydrogens is 310 g/mol. The molecule has 3 N–H and O–H groups in total. The molecule has 3 rings (SSSR count). The van der Waals surface area contributed by atoms with Gasteiger partial charge in [-0.05, 0) is 37.2 Å². The molecule has 128 valence electrons. The average Bonchev–Trinajstić information content (AvgIpc) is 2.92. The fourth-order valence-electron chi connectivity index (χ4n) is 4.05. The molecule has 4 atom stereocenters. The zero-order valence-corrected chi connectivity index (χ0v) is 14.6. The summed E-state index contributed by atoms with van der Waals surface area (Å²) in [7, 11) is 0. The predicted molar refractivity (Wildman–Crippen MR) is 95.5 cm³/mol. The summed E-state index contributed by atoms with van der Waals surface area (Å²) in [6.45, 7) is 4.55. The highest BCUT2D eigenvalue weighted by Gasteiger charge is 2.39. The van der Waals surface area contributed by atoms with E-state index in [-0.39, 0.29) is 24.4 Å². The van der Waals surface area contributed by atoms with E-state index in [2.05, 4.69) is 10.2 Å². The fourth-order valence-corrected chi connectivity index (χ4v) is 4.05. The van der Waals surface area contributed by atoms with E-state index in [1.54, 1.807) is 0 Å². The number of carbonyl (C=O) groups is 1. The molecule has 0 bridgehead atoms. The molecule has 23 heavy (non-hydrogen) atoms. The summed E-state index contributed by atoms with van der Waals surface area (Å²) >= 11 is 0. The van der Waals surface area contributed by atoms with Crippen molar-refractivity contribution in [3.63, 3.8) is 0 Å². The van der Waals surface area contributed by atoms with E-state index in [1.165, 1.54) is 12.8 Å². The van der Waals surface area contributed by atoms with E-state index < -0.39 is 0 Å². The van der Waals surface area contributed by atoms with E-state index in [1.807, 2.05) is 37.3 Å². The molecule has 0 spiro atoms. The van der Waals surface area contributed by atoms with Crippen molar-refractivity contribution in [3.05, 3.63) is 35.9 Å². The van der Waals surface area contributed by atoms with Crippen LogP contribution in [0.2, 0.25) is 0 Å². The van der Waals surface area contributed by atoms with Crippen LogP contribution in [0.3, 0.4) is 0 Å². The van der Waals surface area contributed by atoms with E-state index in [0.717, 1.165) is 25.1 Å². The molecule has 1 aromatic carbocycles. The maximum atomic E-state index is 12.3. The molecule has 1 saturated heterocycles. The summed E-state index contributed by atoms with van der Waals surface area (Å²) in [5.41, 5.74) is 7.39. The van der Waals surface area contributed by atoms with Crippen LogP contribution in [0.4, 0.5) is 0 Å². The van der Waals surface area contributed by atoms with Gasteiger partial charge >= 0.3 is 0 Å². The molecule has 0 aromatic heterocycles. The molecule has 4 unspecified atom stereocenters. The Labute approximate surface area is 145 Å². The third-order valence-corrected chi connectivity index (χ3v) is 5.27.